The van der Waals surface area contributed by atoms with Gasteiger partial charge in [0.1, 0.15) is 23.1 Å². The number of hydrogen-bond acceptors (Lipinski definition) is 7. The number of Topliss-reactive ketones (excluding diaryl/α,β-unsaturated/α-hetero) is 1. The van der Waals surface area contributed by atoms with Crippen LogP contribution < -0.4 is 4.74 Å². The molecule has 2 N–H and O–H groups in total. The third-order valence-corrected chi connectivity index (χ3v) is 5.93. The van der Waals surface area contributed by atoms with Gasteiger partial charge in [0.2, 0.25) is 0 Å². The van der Waals surface area contributed by atoms with Crippen LogP contribution in [0.25, 0.3) is 5.76 Å². The maximum Gasteiger partial charge on any atom is 0.295 e. The van der Waals surface area contributed by atoms with E-state index in [0.29, 0.717) is 44.2 Å². The molecule has 2 aliphatic rings. The summed E-state index contributed by atoms with van der Waals surface area (Å²) in [7, 11) is 1.43. The van der Waals surface area contributed by atoms with E-state index in [2.05, 4.69) is 4.90 Å². The zero-order valence-corrected chi connectivity index (χ0v) is 18.2. The quantitative estimate of drug-likeness (QED) is 0.391. The first kappa shape index (κ1) is 22.8. The average molecular weight is 456 g/mol. The van der Waals surface area contributed by atoms with Crippen molar-refractivity contribution in [2.24, 2.45) is 0 Å². The number of nitrogens with zero attached hydrogens (tertiary/aromatic N) is 2. The Kier molecular flexibility index (Phi) is 6.62. The van der Waals surface area contributed by atoms with Crippen LogP contribution in [0, 0.1) is 5.82 Å². The number of hydrogen-bond donors (Lipinski definition) is 2. The first-order valence-corrected chi connectivity index (χ1v) is 10.6. The highest BCUT2D eigenvalue weighted by molar-refractivity contribution is 6.46. The summed E-state index contributed by atoms with van der Waals surface area (Å²) in [6.07, 6.45) is 0. The number of benzene rings is 2. The van der Waals surface area contributed by atoms with Crippen molar-refractivity contribution >= 4 is 17.4 Å². The number of morpholine rings is 1. The van der Waals surface area contributed by atoms with Crippen LogP contribution in [-0.2, 0) is 14.3 Å². The molecule has 33 heavy (non-hydrogen) atoms. The topological polar surface area (TPSA) is 99.5 Å². The molecule has 2 aliphatic heterocycles. The van der Waals surface area contributed by atoms with Crippen LogP contribution in [0.1, 0.15) is 17.2 Å². The van der Waals surface area contributed by atoms with Gasteiger partial charge < -0.3 is 24.6 Å². The molecule has 2 aromatic rings. The maximum absolute atomic E-state index is 14.1. The van der Waals surface area contributed by atoms with Gasteiger partial charge in [0.05, 0.1) is 37.5 Å². The van der Waals surface area contributed by atoms with Crippen LogP contribution in [0.3, 0.4) is 0 Å². The Balaban J connectivity index is 1.76. The lowest BCUT2D eigenvalue weighted by Crippen LogP contribution is -2.42. The van der Waals surface area contributed by atoms with Crippen LogP contribution in [-0.4, -0.2) is 78.2 Å². The number of carbonyl (C=O) groups is 2. The van der Waals surface area contributed by atoms with Crippen molar-refractivity contribution in [1.82, 2.24) is 9.80 Å². The monoisotopic (exact) mass is 456 g/mol. The Morgan fingerprint density at radius 3 is 2.58 bits per heavy atom. The highest BCUT2D eigenvalue weighted by Gasteiger charge is 2.46. The van der Waals surface area contributed by atoms with Crippen LogP contribution in [0.5, 0.6) is 11.5 Å². The Morgan fingerprint density at radius 2 is 1.91 bits per heavy atom. The molecule has 174 valence electrons. The number of methoxy groups -OCH3 is 1. The van der Waals surface area contributed by atoms with Crippen LogP contribution in [0.15, 0.2) is 48.0 Å². The molecule has 0 radical (unpaired) electrons. The first-order chi connectivity index (χ1) is 15.9. The van der Waals surface area contributed by atoms with Crippen molar-refractivity contribution in [2.45, 2.75) is 6.04 Å². The number of aromatic hydroxyl groups is 1. The largest absolute Gasteiger partial charge is 0.507 e. The molecule has 2 aromatic carbocycles. The second-order valence-corrected chi connectivity index (χ2v) is 7.88. The molecular formula is C24H25FN2O6. The highest BCUT2D eigenvalue weighted by Crippen LogP contribution is 2.41. The van der Waals surface area contributed by atoms with Crippen LogP contribution >= 0.6 is 0 Å². The number of ether oxygens (including phenoxy) is 2. The van der Waals surface area contributed by atoms with Crippen molar-refractivity contribution in [3.8, 4) is 11.5 Å². The number of phenolic OH excluding ortho intramolecular Hbond substituents is 1. The molecule has 1 atom stereocenters. The fourth-order valence-electron chi connectivity index (χ4n) is 4.19. The molecule has 4 rings (SSSR count). The zero-order chi connectivity index (χ0) is 23.5. The minimum atomic E-state index is -0.997. The van der Waals surface area contributed by atoms with E-state index in [1.54, 1.807) is 6.07 Å². The van der Waals surface area contributed by atoms with Gasteiger partial charge in [0.15, 0.2) is 0 Å². The molecule has 2 heterocycles. The van der Waals surface area contributed by atoms with Crippen molar-refractivity contribution in [2.75, 3.05) is 46.5 Å². The number of halogens is 1. The summed E-state index contributed by atoms with van der Waals surface area (Å²) >= 11 is 0. The van der Waals surface area contributed by atoms with Gasteiger partial charge in [-0.1, -0.05) is 12.1 Å². The minimum absolute atomic E-state index is 0.0246. The first-order valence-electron chi connectivity index (χ1n) is 10.6. The predicted octanol–water partition coefficient (Wildman–Crippen LogP) is 2.29. The molecule has 1 amide bonds. The molecule has 2 fully saturated rings. The lowest BCUT2D eigenvalue weighted by molar-refractivity contribution is -0.140. The summed E-state index contributed by atoms with van der Waals surface area (Å²) in [6.45, 7) is 3.28. The number of ketones is 1. The van der Waals surface area contributed by atoms with Gasteiger partial charge in [-0.2, -0.15) is 0 Å². The molecule has 8 nitrogen and oxygen atoms in total. The van der Waals surface area contributed by atoms with Crippen LogP contribution in [0.4, 0.5) is 4.39 Å². The lowest BCUT2D eigenvalue weighted by atomic mass is 9.95. The van der Waals surface area contributed by atoms with Gasteiger partial charge in [0.25, 0.3) is 11.7 Å². The van der Waals surface area contributed by atoms with Gasteiger partial charge in [-0.25, -0.2) is 4.39 Å². The molecular weight excluding hydrogens is 431 g/mol. The molecule has 0 aliphatic carbocycles. The Labute approximate surface area is 190 Å². The number of carbonyl (C=O) groups excluding carboxylic acids is 2. The average Bonchev–Trinajstić information content (AvgIpc) is 3.07. The summed E-state index contributed by atoms with van der Waals surface area (Å²) < 4.78 is 24.5. The third-order valence-electron chi connectivity index (χ3n) is 5.93. The lowest BCUT2D eigenvalue weighted by Gasteiger charge is -2.31. The summed E-state index contributed by atoms with van der Waals surface area (Å²) in [6, 6.07) is 8.79. The van der Waals surface area contributed by atoms with Crippen molar-refractivity contribution < 1.29 is 33.7 Å². The smallest absolute Gasteiger partial charge is 0.295 e. The summed E-state index contributed by atoms with van der Waals surface area (Å²) in [5.41, 5.74) is 0.127. The van der Waals surface area contributed by atoms with E-state index in [4.69, 9.17) is 9.47 Å². The zero-order valence-electron chi connectivity index (χ0n) is 18.2. The fraction of sp³-hybridized carbons (Fsp3) is 0.333. The van der Waals surface area contributed by atoms with E-state index in [9.17, 15) is 24.2 Å². The van der Waals surface area contributed by atoms with Gasteiger partial charge >= 0.3 is 0 Å². The fourth-order valence-corrected chi connectivity index (χ4v) is 4.19. The Bertz CT molecular complexity index is 1100. The number of likely N-dealkylation sites (tertiary alicyclic amines) is 1. The molecule has 0 saturated carbocycles. The number of phenols is 1. The molecule has 2 saturated heterocycles. The second-order valence-electron chi connectivity index (χ2n) is 7.88. The van der Waals surface area contributed by atoms with E-state index in [1.165, 1.54) is 48.4 Å². The van der Waals surface area contributed by atoms with Crippen molar-refractivity contribution in [3.63, 3.8) is 0 Å². The second kappa shape index (κ2) is 9.60. The predicted molar refractivity (Wildman–Crippen MR) is 117 cm³/mol. The van der Waals surface area contributed by atoms with Gasteiger partial charge in [-0.15, -0.1) is 0 Å². The maximum atomic E-state index is 14.1. The Hall–Kier alpha value is -3.43. The molecule has 1 unspecified atom stereocenters. The third kappa shape index (κ3) is 4.55. The minimum Gasteiger partial charge on any atom is -0.507 e. The van der Waals surface area contributed by atoms with E-state index in [1.807, 2.05) is 0 Å². The van der Waals surface area contributed by atoms with Crippen molar-refractivity contribution in [3.05, 3.63) is 65.0 Å². The highest BCUT2D eigenvalue weighted by atomic mass is 19.1. The van der Waals surface area contributed by atoms with Gasteiger partial charge in [-0.3, -0.25) is 14.5 Å². The van der Waals surface area contributed by atoms with Crippen LogP contribution in [0.2, 0.25) is 0 Å². The summed E-state index contributed by atoms with van der Waals surface area (Å²) in [5, 5.41) is 21.4. The summed E-state index contributed by atoms with van der Waals surface area (Å²) in [5.74, 6) is -2.69. The molecule has 0 bridgehead atoms. The normalized spacial score (nSPS) is 20.9. The number of rotatable bonds is 6. The van der Waals surface area contributed by atoms with Crippen molar-refractivity contribution in [1.29, 1.82) is 0 Å². The molecule has 9 heteroatoms. The van der Waals surface area contributed by atoms with Gasteiger partial charge in [-0.05, 0) is 29.8 Å². The van der Waals surface area contributed by atoms with E-state index < -0.39 is 29.3 Å². The number of aliphatic hydroxyl groups is 1. The van der Waals surface area contributed by atoms with E-state index in [-0.39, 0.29) is 23.4 Å². The van der Waals surface area contributed by atoms with E-state index in [0.717, 1.165) is 0 Å². The number of amides is 1. The Morgan fingerprint density at radius 1 is 1.15 bits per heavy atom. The van der Waals surface area contributed by atoms with E-state index >= 15 is 0 Å². The van der Waals surface area contributed by atoms with Gasteiger partial charge in [0, 0.05) is 32.2 Å². The SMILES string of the molecule is COc1ccc(/C(O)=C2\C(=O)C(=O)N(CCN3CCOCC3)C2c2cccc(F)c2)c(O)c1. The standard InChI is InChI=1S/C24H25FN2O6/c1-32-17-5-6-18(19(28)14-17)22(29)20-21(15-3-2-4-16(25)13-15)27(24(31)23(20)30)8-7-26-9-11-33-12-10-26/h2-6,13-14,21,28-29H,7-12H2,1H3/b22-20+. The summed E-state index contributed by atoms with van der Waals surface area (Å²) in [4.78, 5) is 29.5. The number of aliphatic hydroxyl groups excluding tert-OH is 1. The molecule has 0 aromatic heterocycles. The molecule has 0 spiro atoms.